The van der Waals surface area contributed by atoms with Crippen LogP contribution < -0.4 is 11.1 Å². The molecule has 2 heterocycles. The standard InChI is InChI=1S/C15H18N4O3S3/c1-7-3-4-8-9(5-7)24-12(11(8)13(21)22-2)17-10(20)6-23-15-19-18-14(16)25-15/h7H,3-6H2,1-2H3,(H2,16,18)(H,17,20)/t7-/m1/s1. The molecule has 1 amide bonds. The fraction of sp³-hybridized carbons (Fsp3) is 0.467. The number of hydrogen-bond donors (Lipinski definition) is 2. The number of carbonyl (C=O) groups excluding carboxylic acids is 2. The van der Waals surface area contributed by atoms with E-state index in [4.69, 9.17) is 10.5 Å². The molecule has 0 bridgehead atoms. The Morgan fingerprint density at radius 2 is 2.20 bits per heavy atom. The highest BCUT2D eigenvalue weighted by Crippen LogP contribution is 2.40. The van der Waals surface area contributed by atoms with Crippen molar-refractivity contribution in [2.24, 2.45) is 5.92 Å². The number of nitrogens with two attached hydrogens (primary N) is 1. The Balaban J connectivity index is 1.74. The van der Waals surface area contributed by atoms with Gasteiger partial charge in [0.2, 0.25) is 11.0 Å². The minimum absolute atomic E-state index is 0.175. The summed E-state index contributed by atoms with van der Waals surface area (Å²) in [5.41, 5.74) is 7.06. The summed E-state index contributed by atoms with van der Waals surface area (Å²) < 4.78 is 5.56. The number of amides is 1. The maximum atomic E-state index is 12.3. The molecule has 10 heteroatoms. The van der Waals surface area contributed by atoms with E-state index in [9.17, 15) is 9.59 Å². The van der Waals surface area contributed by atoms with Crippen LogP contribution in [-0.4, -0.2) is 34.9 Å². The fourth-order valence-electron chi connectivity index (χ4n) is 2.73. The van der Waals surface area contributed by atoms with Gasteiger partial charge in [0.15, 0.2) is 4.34 Å². The van der Waals surface area contributed by atoms with E-state index in [2.05, 4.69) is 22.4 Å². The number of hydrogen-bond acceptors (Lipinski definition) is 9. The van der Waals surface area contributed by atoms with Crippen molar-refractivity contribution >= 4 is 56.4 Å². The van der Waals surface area contributed by atoms with Crippen LogP contribution in [0.1, 0.15) is 34.1 Å². The van der Waals surface area contributed by atoms with E-state index in [0.29, 0.717) is 26.0 Å². The van der Waals surface area contributed by atoms with Crippen LogP contribution in [0.25, 0.3) is 0 Å². The number of anilines is 2. The lowest BCUT2D eigenvalue weighted by Crippen LogP contribution is -2.17. The molecule has 2 aromatic heterocycles. The van der Waals surface area contributed by atoms with Gasteiger partial charge in [0.1, 0.15) is 5.00 Å². The first-order valence-electron chi connectivity index (χ1n) is 7.72. The number of ether oxygens (including phenoxy) is 1. The Kier molecular flexibility index (Phi) is 5.60. The average Bonchev–Trinajstić information content (AvgIpc) is 3.14. The number of aromatic nitrogens is 2. The van der Waals surface area contributed by atoms with Gasteiger partial charge in [-0.3, -0.25) is 4.79 Å². The van der Waals surface area contributed by atoms with Gasteiger partial charge in [-0.05, 0) is 30.7 Å². The average molecular weight is 399 g/mol. The number of thiophene rings is 1. The number of fused-ring (bicyclic) bond motifs is 1. The number of carbonyl (C=O) groups is 2. The number of methoxy groups -OCH3 is 1. The van der Waals surface area contributed by atoms with E-state index < -0.39 is 5.97 Å². The van der Waals surface area contributed by atoms with Crippen molar-refractivity contribution in [2.45, 2.75) is 30.5 Å². The molecule has 134 valence electrons. The third-order valence-electron chi connectivity index (χ3n) is 3.90. The van der Waals surface area contributed by atoms with E-state index in [1.165, 1.54) is 46.4 Å². The smallest absolute Gasteiger partial charge is 0.341 e. The molecule has 0 spiro atoms. The summed E-state index contributed by atoms with van der Waals surface area (Å²) >= 11 is 3.98. The zero-order valence-electron chi connectivity index (χ0n) is 13.8. The number of nitrogen functional groups attached to an aromatic ring is 1. The topological polar surface area (TPSA) is 107 Å². The lowest BCUT2D eigenvalue weighted by molar-refractivity contribution is -0.113. The molecule has 3 N–H and O–H groups in total. The molecule has 0 fully saturated rings. The molecular weight excluding hydrogens is 380 g/mol. The van der Waals surface area contributed by atoms with E-state index in [1.807, 2.05) is 0 Å². The van der Waals surface area contributed by atoms with Crippen LogP contribution in [0.3, 0.4) is 0 Å². The molecule has 0 aromatic carbocycles. The quantitative estimate of drug-likeness (QED) is 0.589. The normalized spacial score (nSPS) is 16.3. The van der Waals surface area contributed by atoms with Crippen LogP contribution in [0.2, 0.25) is 0 Å². The molecule has 7 nitrogen and oxygen atoms in total. The molecule has 1 atom stereocenters. The summed E-state index contributed by atoms with van der Waals surface area (Å²) in [5.74, 6) is 0.162. The van der Waals surface area contributed by atoms with Gasteiger partial charge in [-0.2, -0.15) is 0 Å². The predicted molar refractivity (Wildman–Crippen MR) is 101 cm³/mol. The molecule has 0 saturated carbocycles. The summed E-state index contributed by atoms with van der Waals surface area (Å²) in [6, 6.07) is 0. The second kappa shape index (κ2) is 7.71. The van der Waals surface area contributed by atoms with Gasteiger partial charge in [-0.15, -0.1) is 21.5 Å². The van der Waals surface area contributed by atoms with Crippen molar-refractivity contribution in [3.8, 4) is 0 Å². The lowest BCUT2D eigenvalue weighted by Gasteiger charge is -2.18. The highest BCUT2D eigenvalue weighted by Gasteiger charge is 2.28. The highest BCUT2D eigenvalue weighted by molar-refractivity contribution is 8.01. The van der Waals surface area contributed by atoms with Crippen LogP contribution in [0.5, 0.6) is 0 Å². The third kappa shape index (κ3) is 4.13. The third-order valence-corrected chi connectivity index (χ3v) is 6.96. The molecule has 3 rings (SSSR count). The molecule has 0 aliphatic heterocycles. The summed E-state index contributed by atoms with van der Waals surface area (Å²) in [6.45, 7) is 2.20. The molecule has 0 radical (unpaired) electrons. The number of nitrogens with zero attached hydrogens (tertiary/aromatic N) is 2. The molecule has 1 aliphatic rings. The predicted octanol–water partition coefficient (Wildman–Crippen LogP) is 2.82. The Bertz CT molecular complexity index is 802. The largest absolute Gasteiger partial charge is 0.465 e. The number of thioether (sulfide) groups is 1. The SMILES string of the molecule is COC(=O)c1c(NC(=O)CSc2nnc(N)s2)sc2c1CC[C@@H](C)C2. The molecule has 1 aliphatic carbocycles. The van der Waals surface area contributed by atoms with Gasteiger partial charge in [-0.25, -0.2) is 4.79 Å². The second-order valence-electron chi connectivity index (χ2n) is 5.79. The molecular formula is C15H18N4O3S3. The monoisotopic (exact) mass is 398 g/mol. The van der Waals surface area contributed by atoms with Gasteiger partial charge < -0.3 is 15.8 Å². The van der Waals surface area contributed by atoms with Crippen molar-refractivity contribution in [3.05, 3.63) is 16.0 Å². The van der Waals surface area contributed by atoms with Crippen LogP contribution >= 0.6 is 34.4 Å². The minimum Gasteiger partial charge on any atom is -0.465 e. The van der Waals surface area contributed by atoms with Gasteiger partial charge >= 0.3 is 5.97 Å². The Morgan fingerprint density at radius 3 is 2.88 bits per heavy atom. The van der Waals surface area contributed by atoms with Crippen molar-refractivity contribution in [1.82, 2.24) is 10.2 Å². The maximum absolute atomic E-state index is 12.3. The fourth-order valence-corrected chi connectivity index (χ4v) is 5.58. The van der Waals surface area contributed by atoms with Crippen LogP contribution in [0, 0.1) is 5.92 Å². The lowest BCUT2D eigenvalue weighted by atomic mass is 9.88. The highest BCUT2D eigenvalue weighted by atomic mass is 32.2. The molecule has 2 aromatic rings. The number of nitrogens with one attached hydrogen (secondary N) is 1. The molecule has 25 heavy (non-hydrogen) atoms. The van der Waals surface area contributed by atoms with E-state index in [-0.39, 0.29) is 11.7 Å². The number of esters is 1. The van der Waals surface area contributed by atoms with Crippen LogP contribution in [0.4, 0.5) is 10.1 Å². The maximum Gasteiger partial charge on any atom is 0.341 e. The first kappa shape index (κ1) is 18.2. The van der Waals surface area contributed by atoms with Crippen LogP contribution in [0.15, 0.2) is 4.34 Å². The second-order valence-corrected chi connectivity index (χ2v) is 9.13. The number of rotatable bonds is 5. The van der Waals surface area contributed by atoms with E-state index >= 15 is 0 Å². The van der Waals surface area contributed by atoms with Crippen molar-refractivity contribution < 1.29 is 14.3 Å². The van der Waals surface area contributed by atoms with Gasteiger partial charge in [0, 0.05) is 4.88 Å². The van der Waals surface area contributed by atoms with E-state index in [0.717, 1.165) is 24.8 Å². The Hall–Kier alpha value is -1.65. The molecule has 0 unspecified atom stereocenters. The zero-order valence-corrected chi connectivity index (χ0v) is 16.3. The summed E-state index contributed by atoms with van der Waals surface area (Å²) in [5, 5.41) is 11.4. The summed E-state index contributed by atoms with van der Waals surface area (Å²) in [4.78, 5) is 25.7. The Labute approximate surface area is 157 Å². The first-order chi connectivity index (χ1) is 12.0. The van der Waals surface area contributed by atoms with Crippen molar-refractivity contribution in [2.75, 3.05) is 23.9 Å². The van der Waals surface area contributed by atoms with E-state index in [1.54, 1.807) is 0 Å². The van der Waals surface area contributed by atoms with Gasteiger partial charge in [0.05, 0.1) is 18.4 Å². The Morgan fingerprint density at radius 1 is 1.40 bits per heavy atom. The van der Waals surface area contributed by atoms with Crippen molar-refractivity contribution in [3.63, 3.8) is 0 Å². The molecule has 0 saturated heterocycles. The summed E-state index contributed by atoms with van der Waals surface area (Å²) in [7, 11) is 1.36. The van der Waals surface area contributed by atoms with Gasteiger partial charge in [0.25, 0.3) is 0 Å². The van der Waals surface area contributed by atoms with Crippen molar-refractivity contribution in [1.29, 1.82) is 0 Å². The minimum atomic E-state index is -0.396. The first-order valence-corrected chi connectivity index (χ1v) is 10.3. The summed E-state index contributed by atoms with van der Waals surface area (Å²) in [6.07, 6.45) is 2.81. The van der Waals surface area contributed by atoms with Gasteiger partial charge in [-0.1, -0.05) is 30.0 Å². The van der Waals surface area contributed by atoms with Crippen LogP contribution in [-0.2, 0) is 22.4 Å². The zero-order chi connectivity index (χ0) is 18.0.